The topological polar surface area (TPSA) is 21.3 Å². The molecule has 0 saturated heterocycles. The van der Waals surface area contributed by atoms with Gasteiger partial charge in [-0.2, -0.15) is 0 Å². The van der Waals surface area contributed by atoms with Crippen LogP contribution in [0.3, 0.4) is 0 Å². The van der Waals surface area contributed by atoms with Gasteiger partial charge in [-0.05, 0) is 19.2 Å². The highest BCUT2D eigenvalue weighted by Crippen LogP contribution is 2.18. The Morgan fingerprint density at radius 2 is 2.40 bits per heavy atom. The van der Waals surface area contributed by atoms with Crippen molar-refractivity contribution >= 4 is 11.6 Å². The van der Waals surface area contributed by atoms with Gasteiger partial charge in [-0.1, -0.05) is 11.6 Å². The summed E-state index contributed by atoms with van der Waals surface area (Å²) >= 11 is 5.81. The summed E-state index contributed by atoms with van der Waals surface area (Å²) in [5.41, 5.74) is 0. The van der Waals surface area contributed by atoms with Gasteiger partial charge in [0.2, 0.25) is 0 Å². The van der Waals surface area contributed by atoms with Crippen molar-refractivity contribution in [2.75, 3.05) is 7.11 Å². The Morgan fingerprint density at radius 1 is 1.70 bits per heavy atom. The molecule has 0 aromatic heterocycles. The average Bonchev–Trinajstić information content (AvgIpc) is 1.88. The standard InChI is InChI=1S/C7H10ClNO/c1-5-7(10-2)6(8)3-4-9-5/h3-5,9H,1-2H3. The van der Waals surface area contributed by atoms with Crippen molar-refractivity contribution in [3.8, 4) is 0 Å². The second kappa shape index (κ2) is 2.97. The fourth-order valence-electron chi connectivity index (χ4n) is 0.905. The zero-order valence-electron chi connectivity index (χ0n) is 6.02. The molecular weight excluding hydrogens is 150 g/mol. The SMILES string of the molecule is COC1=C(Cl)C=CNC1C. The highest BCUT2D eigenvalue weighted by atomic mass is 35.5. The van der Waals surface area contributed by atoms with Crippen molar-refractivity contribution in [1.29, 1.82) is 0 Å². The lowest BCUT2D eigenvalue weighted by molar-refractivity contribution is 0.258. The fourth-order valence-corrected chi connectivity index (χ4v) is 1.21. The van der Waals surface area contributed by atoms with Gasteiger partial charge in [0, 0.05) is 0 Å². The van der Waals surface area contributed by atoms with Gasteiger partial charge in [0.25, 0.3) is 0 Å². The molecule has 1 aliphatic rings. The number of nitrogens with one attached hydrogen (secondary N) is 1. The lowest BCUT2D eigenvalue weighted by Crippen LogP contribution is -2.26. The van der Waals surface area contributed by atoms with Crippen molar-refractivity contribution in [2.45, 2.75) is 13.0 Å². The van der Waals surface area contributed by atoms with Crippen molar-refractivity contribution in [2.24, 2.45) is 0 Å². The van der Waals surface area contributed by atoms with Gasteiger partial charge in [0.15, 0.2) is 0 Å². The minimum atomic E-state index is 0.183. The van der Waals surface area contributed by atoms with Gasteiger partial charge >= 0.3 is 0 Å². The summed E-state index contributed by atoms with van der Waals surface area (Å²) in [7, 11) is 1.62. The van der Waals surface area contributed by atoms with E-state index in [1.54, 1.807) is 13.2 Å². The van der Waals surface area contributed by atoms with Gasteiger partial charge < -0.3 is 10.1 Å². The van der Waals surface area contributed by atoms with Gasteiger partial charge in [0.1, 0.15) is 5.76 Å². The molecule has 1 N–H and O–H groups in total. The third-order valence-electron chi connectivity index (χ3n) is 1.42. The molecular formula is C7H10ClNO. The Labute approximate surface area is 65.5 Å². The first-order valence-electron chi connectivity index (χ1n) is 3.12. The van der Waals surface area contributed by atoms with Crippen LogP contribution in [0.1, 0.15) is 6.92 Å². The van der Waals surface area contributed by atoms with E-state index in [4.69, 9.17) is 16.3 Å². The number of dihydropyridines is 1. The predicted octanol–water partition coefficient (Wildman–Crippen LogP) is 1.59. The lowest BCUT2D eigenvalue weighted by Gasteiger charge is -2.19. The molecule has 1 unspecified atom stereocenters. The van der Waals surface area contributed by atoms with Crippen molar-refractivity contribution in [3.05, 3.63) is 23.1 Å². The molecule has 0 amide bonds. The van der Waals surface area contributed by atoms with Gasteiger partial charge in [-0.15, -0.1) is 0 Å². The molecule has 0 saturated carbocycles. The second-order valence-corrected chi connectivity index (χ2v) is 2.55. The summed E-state index contributed by atoms with van der Waals surface area (Å²) in [6, 6.07) is 0.183. The van der Waals surface area contributed by atoms with E-state index in [1.807, 2.05) is 13.1 Å². The predicted molar refractivity (Wildman–Crippen MR) is 41.6 cm³/mol. The maximum atomic E-state index is 5.81. The zero-order valence-corrected chi connectivity index (χ0v) is 6.77. The molecule has 3 heteroatoms. The Bertz CT molecular complexity index is 186. The van der Waals surface area contributed by atoms with Crippen LogP contribution < -0.4 is 5.32 Å². The van der Waals surface area contributed by atoms with E-state index < -0.39 is 0 Å². The number of hydrogen-bond acceptors (Lipinski definition) is 2. The van der Waals surface area contributed by atoms with Crippen LogP contribution in [-0.2, 0) is 4.74 Å². The zero-order chi connectivity index (χ0) is 7.56. The number of rotatable bonds is 1. The monoisotopic (exact) mass is 159 g/mol. The molecule has 1 atom stereocenters. The molecule has 2 nitrogen and oxygen atoms in total. The van der Waals surface area contributed by atoms with E-state index >= 15 is 0 Å². The molecule has 0 aromatic carbocycles. The van der Waals surface area contributed by atoms with Crippen LogP contribution in [0.2, 0.25) is 0 Å². The maximum absolute atomic E-state index is 5.81. The van der Waals surface area contributed by atoms with Crippen LogP contribution >= 0.6 is 11.6 Å². The molecule has 56 valence electrons. The summed E-state index contributed by atoms with van der Waals surface area (Å²) in [4.78, 5) is 0. The average molecular weight is 160 g/mol. The molecule has 10 heavy (non-hydrogen) atoms. The van der Waals surface area contributed by atoms with Crippen molar-refractivity contribution in [1.82, 2.24) is 5.32 Å². The molecule has 0 aromatic rings. The molecule has 0 fully saturated rings. The Kier molecular flexibility index (Phi) is 2.22. The number of hydrogen-bond donors (Lipinski definition) is 1. The van der Waals surface area contributed by atoms with E-state index in [0.29, 0.717) is 5.03 Å². The van der Waals surface area contributed by atoms with Crippen LogP contribution in [0.15, 0.2) is 23.1 Å². The van der Waals surface area contributed by atoms with Crippen LogP contribution in [0.4, 0.5) is 0 Å². The van der Waals surface area contributed by atoms with E-state index in [-0.39, 0.29) is 6.04 Å². The second-order valence-electron chi connectivity index (χ2n) is 2.14. The first-order valence-corrected chi connectivity index (χ1v) is 3.49. The minimum Gasteiger partial charge on any atom is -0.497 e. The summed E-state index contributed by atoms with van der Waals surface area (Å²) in [5.74, 6) is 0.796. The van der Waals surface area contributed by atoms with Crippen molar-refractivity contribution in [3.63, 3.8) is 0 Å². The van der Waals surface area contributed by atoms with E-state index in [0.717, 1.165) is 5.76 Å². The summed E-state index contributed by atoms with van der Waals surface area (Å²) in [6.07, 6.45) is 3.59. The molecule has 1 aliphatic heterocycles. The van der Waals surface area contributed by atoms with Crippen LogP contribution in [0.5, 0.6) is 0 Å². The normalized spacial score (nSPS) is 24.5. The molecule has 0 aliphatic carbocycles. The summed E-state index contributed by atoms with van der Waals surface area (Å²) < 4.78 is 5.05. The van der Waals surface area contributed by atoms with Crippen LogP contribution in [0, 0.1) is 0 Å². The largest absolute Gasteiger partial charge is 0.497 e. The van der Waals surface area contributed by atoms with Crippen LogP contribution in [0.25, 0.3) is 0 Å². The van der Waals surface area contributed by atoms with E-state index in [1.165, 1.54) is 0 Å². The summed E-state index contributed by atoms with van der Waals surface area (Å²) in [6.45, 7) is 1.99. The van der Waals surface area contributed by atoms with Gasteiger partial charge in [-0.25, -0.2) is 0 Å². The molecule has 0 radical (unpaired) electrons. The molecule has 1 rings (SSSR count). The quantitative estimate of drug-likeness (QED) is 0.628. The first kappa shape index (κ1) is 7.48. The number of halogens is 1. The third-order valence-corrected chi connectivity index (χ3v) is 1.74. The molecule has 0 bridgehead atoms. The highest BCUT2D eigenvalue weighted by molar-refractivity contribution is 6.31. The van der Waals surface area contributed by atoms with Gasteiger partial charge in [0.05, 0.1) is 18.2 Å². The van der Waals surface area contributed by atoms with E-state index in [2.05, 4.69) is 5.32 Å². The van der Waals surface area contributed by atoms with E-state index in [9.17, 15) is 0 Å². The number of methoxy groups -OCH3 is 1. The van der Waals surface area contributed by atoms with Crippen molar-refractivity contribution < 1.29 is 4.74 Å². The lowest BCUT2D eigenvalue weighted by atomic mass is 10.2. The summed E-state index contributed by atoms with van der Waals surface area (Å²) in [5, 5.41) is 3.74. The molecule has 1 heterocycles. The maximum Gasteiger partial charge on any atom is 0.136 e. The number of ether oxygens (including phenoxy) is 1. The Morgan fingerprint density at radius 3 is 2.80 bits per heavy atom. The smallest absolute Gasteiger partial charge is 0.136 e. The fraction of sp³-hybridized carbons (Fsp3) is 0.429. The minimum absolute atomic E-state index is 0.183. The Hall–Kier alpha value is -0.630. The third kappa shape index (κ3) is 1.27. The van der Waals surface area contributed by atoms with Gasteiger partial charge in [-0.3, -0.25) is 0 Å². The Balaban J connectivity index is 2.83. The highest BCUT2D eigenvalue weighted by Gasteiger charge is 2.13. The van der Waals surface area contributed by atoms with Crippen LogP contribution in [-0.4, -0.2) is 13.2 Å². The first-order chi connectivity index (χ1) is 4.75. The number of allylic oxidation sites excluding steroid dienone is 2. The molecule has 0 spiro atoms.